The summed E-state index contributed by atoms with van der Waals surface area (Å²) in [5, 5.41) is 9.56. The molecule has 0 radical (unpaired) electrons. The normalized spacial score (nSPS) is 13.2. The van der Waals surface area contributed by atoms with Crippen molar-refractivity contribution in [3.05, 3.63) is 41.3 Å². The van der Waals surface area contributed by atoms with Crippen LogP contribution >= 0.6 is 0 Å². The van der Waals surface area contributed by atoms with Crippen molar-refractivity contribution in [2.45, 2.75) is 26.0 Å². The SMILES string of the molecule is CC(C)(O)CN=CC(=CN)c1cc(F)cc(CN)c1. The second-order valence-electron chi connectivity index (χ2n) is 4.96. The smallest absolute Gasteiger partial charge is 0.124 e. The molecule has 0 aliphatic heterocycles. The number of halogens is 1. The maximum Gasteiger partial charge on any atom is 0.124 e. The van der Waals surface area contributed by atoms with E-state index in [-0.39, 0.29) is 18.9 Å². The van der Waals surface area contributed by atoms with Gasteiger partial charge in [-0.15, -0.1) is 0 Å². The maximum absolute atomic E-state index is 13.4. The Morgan fingerprint density at radius 1 is 1.42 bits per heavy atom. The van der Waals surface area contributed by atoms with Crippen molar-refractivity contribution in [1.29, 1.82) is 0 Å². The molecule has 0 saturated carbocycles. The Hall–Kier alpha value is -1.72. The number of allylic oxidation sites excluding steroid dienone is 1. The fourth-order valence-corrected chi connectivity index (χ4v) is 1.52. The van der Waals surface area contributed by atoms with Crippen LogP contribution in [0.2, 0.25) is 0 Å². The lowest BCUT2D eigenvalue weighted by atomic mass is 10.0. The van der Waals surface area contributed by atoms with E-state index in [2.05, 4.69) is 4.99 Å². The number of aliphatic hydroxyl groups is 1. The van der Waals surface area contributed by atoms with Gasteiger partial charge < -0.3 is 16.6 Å². The molecule has 0 unspecified atom stereocenters. The molecule has 1 rings (SSSR count). The lowest BCUT2D eigenvalue weighted by molar-refractivity contribution is 0.0906. The molecule has 5 heteroatoms. The van der Waals surface area contributed by atoms with Gasteiger partial charge in [0.2, 0.25) is 0 Å². The van der Waals surface area contributed by atoms with E-state index in [0.717, 1.165) is 0 Å². The standard InChI is InChI=1S/C14H20FN3O/c1-14(2,19)9-18-8-12(7-17)11-3-10(6-16)4-13(15)5-11/h3-5,7-8,19H,6,9,16-17H2,1-2H3. The second kappa shape index (κ2) is 6.45. The highest BCUT2D eigenvalue weighted by Gasteiger charge is 2.10. The predicted octanol–water partition coefficient (Wildman–Crippen LogP) is 1.43. The molecule has 5 N–H and O–H groups in total. The number of benzene rings is 1. The zero-order valence-corrected chi connectivity index (χ0v) is 11.2. The molecule has 19 heavy (non-hydrogen) atoms. The number of rotatable bonds is 5. The molecule has 1 aromatic rings. The van der Waals surface area contributed by atoms with Crippen molar-refractivity contribution in [2.24, 2.45) is 16.5 Å². The third kappa shape index (κ3) is 5.19. The van der Waals surface area contributed by atoms with Gasteiger partial charge in [0.1, 0.15) is 5.82 Å². The molecule has 0 heterocycles. The third-order valence-electron chi connectivity index (χ3n) is 2.41. The molecule has 0 aromatic heterocycles. The summed E-state index contributed by atoms with van der Waals surface area (Å²) < 4.78 is 13.4. The molecule has 0 spiro atoms. The molecule has 0 fully saturated rings. The zero-order valence-electron chi connectivity index (χ0n) is 11.2. The average molecular weight is 265 g/mol. The second-order valence-corrected chi connectivity index (χ2v) is 4.96. The first kappa shape index (κ1) is 15.3. The van der Waals surface area contributed by atoms with Gasteiger partial charge in [0.05, 0.1) is 12.1 Å². The van der Waals surface area contributed by atoms with Gasteiger partial charge >= 0.3 is 0 Å². The Morgan fingerprint density at radius 3 is 2.63 bits per heavy atom. The summed E-state index contributed by atoms with van der Waals surface area (Å²) >= 11 is 0. The van der Waals surface area contributed by atoms with Crippen LogP contribution in [-0.4, -0.2) is 23.5 Å². The van der Waals surface area contributed by atoms with Crippen LogP contribution in [0.1, 0.15) is 25.0 Å². The lowest BCUT2D eigenvalue weighted by Crippen LogP contribution is -2.22. The topological polar surface area (TPSA) is 84.6 Å². The van der Waals surface area contributed by atoms with Gasteiger partial charge in [-0.25, -0.2) is 4.39 Å². The highest BCUT2D eigenvalue weighted by molar-refractivity contribution is 6.09. The fraction of sp³-hybridized carbons (Fsp3) is 0.357. The quantitative estimate of drug-likeness (QED) is 0.704. The minimum Gasteiger partial charge on any atom is -0.404 e. The highest BCUT2D eigenvalue weighted by Crippen LogP contribution is 2.16. The molecule has 0 aliphatic rings. The molecule has 0 saturated heterocycles. The summed E-state index contributed by atoms with van der Waals surface area (Å²) in [6.07, 6.45) is 2.87. The van der Waals surface area contributed by atoms with Gasteiger partial charge in [-0.2, -0.15) is 0 Å². The predicted molar refractivity (Wildman–Crippen MR) is 76.1 cm³/mol. The minimum atomic E-state index is -0.888. The summed E-state index contributed by atoms with van der Waals surface area (Å²) in [6.45, 7) is 3.81. The van der Waals surface area contributed by atoms with Crippen LogP contribution in [0, 0.1) is 5.82 Å². The Bertz CT molecular complexity index is 490. The van der Waals surface area contributed by atoms with E-state index >= 15 is 0 Å². The lowest BCUT2D eigenvalue weighted by Gasteiger charge is -2.13. The molecular weight excluding hydrogens is 245 g/mol. The molecule has 0 aliphatic carbocycles. The molecule has 4 nitrogen and oxygen atoms in total. The average Bonchev–Trinajstić information content (AvgIpc) is 2.32. The Labute approximate surface area is 112 Å². The van der Waals surface area contributed by atoms with Crippen molar-refractivity contribution < 1.29 is 9.50 Å². The van der Waals surface area contributed by atoms with Crippen LogP contribution in [0.5, 0.6) is 0 Å². The Kier molecular flexibility index (Phi) is 5.20. The van der Waals surface area contributed by atoms with E-state index in [9.17, 15) is 9.50 Å². The van der Waals surface area contributed by atoms with Gasteiger partial charge in [0, 0.05) is 24.5 Å². The molecule has 1 aromatic carbocycles. The van der Waals surface area contributed by atoms with Crippen molar-refractivity contribution >= 4 is 11.8 Å². The van der Waals surface area contributed by atoms with E-state index in [1.54, 1.807) is 19.9 Å². The number of hydrogen-bond acceptors (Lipinski definition) is 4. The van der Waals surface area contributed by atoms with Crippen molar-refractivity contribution in [3.63, 3.8) is 0 Å². The number of nitrogens with two attached hydrogens (primary N) is 2. The monoisotopic (exact) mass is 265 g/mol. The summed E-state index contributed by atoms with van der Waals surface area (Å²) in [4.78, 5) is 4.10. The van der Waals surface area contributed by atoms with Gasteiger partial charge in [-0.3, -0.25) is 4.99 Å². The molecular formula is C14H20FN3O. The summed E-state index contributed by atoms with van der Waals surface area (Å²) in [6, 6.07) is 4.51. The first-order valence-corrected chi connectivity index (χ1v) is 6.00. The molecule has 0 amide bonds. The molecule has 0 atom stereocenters. The fourth-order valence-electron chi connectivity index (χ4n) is 1.52. The van der Waals surface area contributed by atoms with E-state index < -0.39 is 5.60 Å². The summed E-state index contributed by atoms with van der Waals surface area (Å²) in [5.74, 6) is -0.367. The molecule has 0 bridgehead atoms. The van der Waals surface area contributed by atoms with Crippen LogP contribution in [0.3, 0.4) is 0 Å². The van der Waals surface area contributed by atoms with Crippen molar-refractivity contribution in [1.82, 2.24) is 0 Å². The van der Waals surface area contributed by atoms with Gasteiger partial charge in [-0.05, 0) is 43.2 Å². The first-order valence-electron chi connectivity index (χ1n) is 6.00. The third-order valence-corrected chi connectivity index (χ3v) is 2.41. The van der Waals surface area contributed by atoms with Crippen LogP contribution < -0.4 is 11.5 Å². The minimum absolute atomic E-state index is 0.239. The van der Waals surface area contributed by atoms with Gasteiger partial charge in [0.15, 0.2) is 0 Å². The zero-order chi connectivity index (χ0) is 14.5. The summed E-state index contributed by atoms with van der Waals surface area (Å²) in [5.41, 5.74) is 12.0. The number of nitrogens with zero attached hydrogens (tertiary/aromatic N) is 1. The Morgan fingerprint density at radius 2 is 2.11 bits per heavy atom. The maximum atomic E-state index is 13.4. The number of hydrogen-bond donors (Lipinski definition) is 3. The van der Waals surface area contributed by atoms with E-state index in [1.807, 2.05) is 0 Å². The van der Waals surface area contributed by atoms with Crippen molar-refractivity contribution in [3.8, 4) is 0 Å². The number of aliphatic imine (C=N–C) groups is 1. The Balaban J connectivity index is 2.95. The van der Waals surface area contributed by atoms with Crippen LogP contribution in [0.25, 0.3) is 5.57 Å². The van der Waals surface area contributed by atoms with Crippen LogP contribution in [0.4, 0.5) is 4.39 Å². The largest absolute Gasteiger partial charge is 0.404 e. The van der Waals surface area contributed by atoms with Gasteiger partial charge in [0.25, 0.3) is 0 Å². The van der Waals surface area contributed by atoms with Gasteiger partial charge in [-0.1, -0.05) is 0 Å². The van der Waals surface area contributed by atoms with Crippen molar-refractivity contribution in [2.75, 3.05) is 6.54 Å². The first-order chi connectivity index (χ1) is 8.85. The highest BCUT2D eigenvalue weighted by atomic mass is 19.1. The summed E-state index contributed by atoms with van der Waals surface area (Å²) in [7, 11) is 0. The van der Waals surface area contributed by atoms with Crippen LogP contribution in [0.15, 0.2) is 29.4 Å². The van der Waals surface area contributed by atoms with E-state index in [4.69, 9.17) is 11.5 Å². The van der Waals surface area contributed by atoms with E-state index in [1.165, 1.54) is 24.5 Å². The van der Waals surface area contributed by atoms with Crippen LogP contribution in [-0.2, 0) is 6.54 Å². The van der Waals surface area contributed by atoms with E-state index in [0.29, 0.717) is 16.7 Å². The molecule has 104 valence electrons.